The van der Waals surface area contributed by atoms with E-state index in [9.17, 15) is 0 Å². The van der Waals surface area contributed by atoms with Crippen LogP contribution in [0, 0.1) is 0 Å². The first-order chi connectivity index (χ1) is 7.68. The fourth-order valence-electron chi connectivity index (χ4n) is 1.55. The number of rotatable bonds is 11. The van der Waals surface area contributed by atoms with Crippen LogP contribution in [0.4, 0.5) is 0 Å². The molecule has 0 nitrogen and oxygen atoms in total. The first kappa shape index (κ1) is 16.7. The molecule has 0 radical (unpaired) electrons. The van der Waals surface area contributed by atoms with Gasteiger partial charge in [-0.05, 0) is 37.7 Å². The van der Waals surface area contributed by atoms with E-state index >= 15 is 0 Å². The highest BCUT2D eigenvalue weighted by atomic mass is 32.2. The topological polar surface area (TPSA) is 0 Å². The Labute approximate surface area is 112 Å². The van der Waals surface area contributed by atoms with Gasteiger partial charge in [-0.15, -0.1) is 23.5 Å². The molecule has 0 aliphatic carbocycles. The maximum Gasteiger partial charge on any atom is 0.0583 e. The van der Waals surface area contributed by atoms with Crippen molar-refractivity contribution in [2.75, 3.05) is 11.5 Å². The van der Waals surface area contributed by atoms with Crippen LogP contribution in [0.5, 0.6) is 0 Å². The van der Waals surface area contributed by atoms with E-state index < -0.39 is 0 Å². The third kappa shape index (κ3) is 8.81. The Morgan fingerprint density at radius 2 is 1.19 bits per heavy atom. The standard InChI is InChI=1S/C14H30S2/c1-5-8-11-14(4,15-12-9-6-2)16-13-10-7-3/h5-13H2,1-4H3. The van der Waals surface area contributed by atoms with Crippen molar-refractivity contribution in [2.24, 2.45) is 0 Å². The summed E-state index contributed by atoms with van der Waals surface area (Å²) in [5, 5.41) is 0. The first-order valence-corrected chi connectivity index (χ1v) is 8.93. The third-order valence-electron chi connectivity index (χ3n) is 2.80. The second kappa shape index (κ2) is 10.8. The molecule has 0 saturated carbocycles. The van der Waals surface area contributed by atoms with Gasteiger partial charge in [0.15, 0.2) is 0 Å². The van der Waals surface area contributed by atoms with E-state index in [0.717, 1.165) is 0 Å². The predicted molar refractivity (Wildman–Crippen MR) is 82.7 cm³/mol. The molecule has 0 fully saturated rings. The van der Waals surface area contributed by atoms with E-state index in [1.807, 2.05) is 0 Å². The zero-order chi connectivity index (χ0) is 12.3. The van der Waals surface area contributed by atoms with Crippen molar-refractivity contribution in [2.45, 2.75) is 76.7 Å². The van der Waals surface area contributed by atoms with Gasteiger partial charge in [0.1, 0.15) is 0 Å². The van der Waals surface area contributed by atoms with E-state index in [2.05, 4.69) is 51.2 Å². The maximum atomic E-state index is 2.46. The molecular weight excluding hydrogens is 232 g/mol. The summed E-state index contributed by atoms with van der Waals surface area (Å²) in [4.78, 5) is 0. The van der Waals surface area contributed by atoms with E-state index in [4.69, 9.17) is 0 Å². The number of unbranched alkanes of at least 4 members (excludes halogenated alkanes) is 3. The van der Waals surface area contributed by atoms with Gasteiger partial charge >= 0.3 is 0 Å². The molecule has 0 aromatic heterocycles. The van der Waals surface area contributed by atoms with Gasteiger partial charge in [0, 0.05) is 0 Å². The van der Waals surface area contributed by atoms with Gasteiger partial charge in [0.2, 0.25) is 0 Å². The lowest BCUT2D eigenvalue weighted by Gasteiger charge is -2.28. The lowest BCUT2D eigenvalue weighted by atomic mass is 10.2. The molecule has 2 heteroatoms. The largest absolute Gasteiger partial charge is 0.145 e. The average molecular weight is 263 g/mol. The second-order valence-electron chi connectivity index (χ2n) is 4.64. The van der Waals surface area contributed by atoms with Crippen LogP contribution in [0.15, 0.2) is 0 Å². The van der Waals surface area contributed by atoms with E-state index in [-0.39, 0.29) is 0 Å². The molecule has 0 heterocycles. The van der Waals surface area contributed by atoms with Crippen molar-refractivity contribution in [3.05, 3.63) is 0 Å². The van der Waals surface area contributed by atoms with Gasteiger partial charge in [-0.2, -0.15) is 0 Å². The molecule has 0 bridgehead atoms. The van der Waals surface area contributed by atoms with Crippen molar-refractivity contribution in [1.29, 1.82) is 0 Å². The predicted octanol–water partition coefficient (Wildman–Crippen LogP) is 5.96. The molecule has 0 atom stereocenters. The van der Waals surface area contributed by atoms with Gasteiger partial charge in [-0.3, -0.25) is 0 Å². The molecule has 0 aromatic carbocycles. The molecule has 0 spiro atoms. The van der Waals surface area contributed by atoms with Crippen LogP contribution in [0.25, 0.3) is 0 Å². The van der Waals surface area contributed by atoms with Crippen molar-refractivity contribution >= 4 is 23.5 Å². The zero-order valence-corrected chi connectivity index (χ0v) is 13.3. The first-order valence-electron chi connectivity index (χ1n) is 6.96. The smallest absolute Gasteiger partial charge is 0.0583 e. The summed E-state index contributed by atoms with van der Waals surface area (Å²) in [6.45, 7) is 9.33. The number of hydrogen-bond donors (Lipinski definition) is 0. The Morgan fingerprint density at radius 3 is 1.56 bits per heavy atom. The molecule has 0 N–H and O–H groups in total. The van der Waals surface area contributed by atoms with Crippen molar-refractivity contribution in [3.8, 4) is 0 Å². The van der Waals surface area contributed by atoms with Crippen molar-refractivity contribution in [1.82, 2.24) is 0 Å². The maximum absolute atomic E-state index is 2.46. The Hall–Kier alpha value is 0.700. The van der Waals surface area contributed by atoms with Crippen LogP contribution in [0.3, 0.4) is 0 Å². The van der Waals surface area contributed by atoms with Crippen LogP contribution in [0.2, 0.25) is 0 Å². The van der Waals surface area contributed by atoms with Gasteiger partial charge in [-0.1, -0.05) is 46.5 Å². The Bertz CT molecular complexity index is 136. The highest BCUT2D eigenvalue weighted by Crippen LogP contribution is 2.42. The quantitative estimate of drug-likeness (QED) is 0.333. The molecule has 0 aliphatic rings. The molecule has 0 unspecified atom stereocenters. The minimum absolute atomic E-state index is 0.486. The highest BCUT2D eigenvalue weighted by Gasteiger charge is 2.23. The van der Waals surface area contributed by atoms with E-state index in [0.29, 0.717) is 4.08 Å². The molecule has 16 heavy (non-hydrogen) atoms. The monoisotopic (exact) mass is 262 g/mol. The van der Waals surface area contributed by atoms with Crippen molar-refractivity contribution in [3.63, 3.8) is 0 Å². The summed E-state index contributed by atoms with van der Waals surface area (Å²) in [6, 6.07) is 0. The van der Waals surface area contributed by atoms with Crippen LogP contribution in [-0.4, -0.2) is 15.6 Å². The summed E-state index contributed by atoms with van der Waals surface area (Å²) in [5.41, 5.74) is 0. The van der Waals surface area contributed by atoms with Gasteiger partial charge in [-0.25, -0.2) is 0 Å². The molecule has 0 aliphatic heterocycles. The van der Waals surface area contributed by atoms with E-state index in [1.165, 1.54) is 56.5 Å². The van der Waals surface area contributed by atoms with E-state index in [1.54, 1.807) is 0 Å². The SMILES string of the molecule is CCCCSC(C)(CCCC)SCCCC. The van der Waals surface area contributed by atoms with Crippen molar-refractivity contribution < 1.29 is 0 Å². The Balaban J connectivity index is 3.91. The lowest BCUT2D eigenvalue weighted by molar-refractivity contribution is 0.682. The average Bonchev–Trinajstić information content (AvgIpc) is 2.27. The molecule has 98 valence electrons. The molecule has 0 aromatic rings. The third-order valence-corrected chi connectivity index (χ3v) is 6.12. The Kier molecular flexibility index (Phi) is 11.3. The lowest BCUT2D eigenvalue weighted by Crippen LogP contribution is -2.16. The second-order valence-corrected chi connectivity index (χ2v) is 8.10. The highest BCUT2D eigenvalue weighted by molar-refractivity contribution is 8.18. The summed E-state index contributed by atoms with van der Waals surface area (Å²) in [6.07, 6.45) is 9.51. The molecule has 0 amide bonds. The summed E-state index contributed by atoms with van der Waals surface area (Å²) < 4.78 is 0.486. The van der Waals surface area contributed by atoms with Crippen LogP contribution in [0.1, 0.15) is 72.6 Å². The summed E-state index contributed by atoms with van der Waals surface area (Å²) in [5.74, 6) is 2.69. The van der Waals surface area contributed by atoms with Crippen LogP contribution >= 0.6 is 23.5 Å². The molecular formula is C14H30S2. The van der Waals surface area contributed by atoms with Gasteiger partial charge in [0.25, 0.3) is 0 Å². The van der Waals surface area contributed by atoms with Gasteiger partial charge in [0.05, 0.1) is 4.08 Å². The Morgan fingerprint density at radius 1 is 0.750 bits per heavy atom. The minimum Gasteiger partial charge on any atom is -0.145 e. The number of thioether (sulfide) groups is 2. The molecule has 0 saturated heterocycles. The molecule has 0 rings (SSSR count). The minimum atomic E-state index is 0.486. The zero-order valence-electron chi connectivity index (χ0n) is 11.7. The van der Waals surface area contributed by atoms with Crippen LogP contribution < -0.4 is 0 Å². The fourth-order valence-corrected chi connectivity index (χ4v) is 4.69. The number of hydrogen-bond acceptors (Lipinski definition) is 2. The van der Waals surface area contributed by atoms with Crippen LogP contribution in [-0.2, 0) is 0 Å². The van der Waals surface area contributed by atoms with Gasteiger partial charge < -0.3 is 0 Å². The fraction of sp³-hybridized carbons (Fsp3) is 1.00. The summed E-state index contributed by atoms with van der Waals surface area (Å²) in [7, 11) is 0. The summed E-state index contributed by atoms with van der Waals surface area (Å²) >= 11 is 4.40. The normalized spacial score (nSPS) is 12.0.